The highest BCUT2D eigenvalue weighted by molar-refractivity contribution is 9.10. The number of halogens is 1. The lowest BCUT2D eigenvalue weighted by molar-refractivity contribution is 0.304. The van der Waals surface area contributed by atoms with Gasteiger partial charge in [0.2, 0.25) is 0 Å². The molecule has 1 aliphatic heterocycles. The van der Waals surface area contributed by atoms with Crippen LogP contribution < -0.4 is 10.1 Å². The Bertz CT molecular complexity index is 612. The van der Waals surface area contributed by atoms with E-state index in [4.69, 9.17) is 4.74 Å². The molecule has 110 valence electrons. The van der Waals surface area contributed by atoms with Crippen molar-refractivity contribution in [1.29, 1.82) is 0 Å². The molecule has 1 N–H and O–H groups in total. The minimum atomic E-state index is 0.543. The molecule has 0 fully saturated rings. The van der Waals surface area contributed by atoms with E-state index in [1.165, 1.54) is 16.7 Å². The van der Waals surface area contributed by atoms with Crippen LogP contribution in [0.3, 0.4) is 0 Å². The molecule has 0 amide bonds. The number of rotatable bonds is 3. The predicted molar refractivity (Wildman–Crippen MR) is 89.9 cm³/mol. The lowest BCUT2D eigenvalue weighted by Gasteiger charge is -2.16. The van der Waals surface area contributed by atoms with E-state index in [0.29, 0.717) is 12.5 Å². The SMILES string of the molecule is CC1CNCCc2cc(OCc3ccccc3)c(Br)cc21. The molecule has 0 bridgehead atoms. The first kappa shape index (κ1) is 14.6. The molecule has 0 spiro atoms. The number of ether oxygens (including phenoxy) is 1. The van der Waals surface area contributed by atoms with Gasteiger partial charge >= 0.3 is 0 Å². The standard InChI is InChI=1S/C18H20BrNO/c1-13-11-20-8-7-15-9-18(17(19)10-16(13)15)21-12-14-5-3-2-4-6-14/h2-6,9-10,13,20H,7-8,11-12H2,1H3. The molecule has 21 heavy (non-hydrogen) atoms. The second-order valence-electron chi connectivity index (χ2n) is 5.61. The van der Waals surface area contributed by atoms with Crippen molar-refractivity contribution in [2.45, 2.75) is 25.9 Å². The van der Waals surface area contributed by atoms with Crippen molar-refractivity contribution in [3.05, 3.63) is 63.6 Å². The number of fused-ring (bicyclic) bond motifs is 1. The second-order valence-corrected chi connectivity index (χ2v) is 6.47. The van der Waals surface area contributed by atoms with Crippen LogP contribution in [0.15, 0.2) is 46.9 Å². The lowest BCUT2D eigenvalue weighted by Crippen LogP contribution is -2.18. The molecule has 1 heterocycles. The summed E-state index contributed by atoms with van der Waals surface area (Å²) < 4.78 is 7.04. The monoisotopic (exact) mass is 345 g/mol. The molecule has 0 saturated heterocycles. The summed E-state index contributed by atoms with van der Waals surface area (Å²) in [5, 5.41) is 3.48. The third-order valence-corrected chi connectivity index (χ3v) is 4.60. The minimum Gasteiger partial charge on any atom is -0.488 e. The van der Waals surface area contributed by atoms with Crippen molar-refractivity contribution >= 4 is 15.9 Å². The van der Waals surface area contributed by atoms with E-state index in [1.54, 1.807) is 0 Å². The highest BCUT2D eigenvalue weighted by atomic mass is 79.9. The Labute approximate surface area is 134 Å². The van der Waals surface area contributed by atoms with Crippen molar-refractivity contribution in [1.82, 2.24) is 5.32 Å². The van der Waals surface area contributed by atoms with Crippen LogP contribution in [0.25, 0.3) is 0 Å². The van der Waals surface area contributed by atoms with Crippen LogP contribution in [-0.2, 0) is 13.0 Å². The Hall–Kier alpha value is -1.32. The molecular formula is C18H20BrNO. The molecule has 2 nitrogen and oxygen atoms in total. The zero-order chi connectivity index (χ0) is 14.7. The van der Waals surface area contributed by atoms with Crippen molar-refractivity contribution < 1.29 is 4.74 Å². The van der Waals surface area contributed by atoms with Crippen LogP contribution >= 0.6 is 15.9 Å². The highest BCUT2D eigenvalue weighted by Crippen LogP contribution is 2.33. The normalized spacial score (nSPS) is 17.9. The first-order valence-corrected chi connectivity index (χ1v) is 8.23. The second kappa shape index (κ2) is 6.63. The number of hydrogen-bond donors (Lipinski definition) is 1. The maximum absolute atomic E-state index is 6.00. The van der Waals surface area contributed by atoms with Crippen LogP contribution in [-0.4, -0.2) is 13.1 Å². The maximum Gasteiger partial charge on any atom is 0.134 e. The molecule has 2 aromatic carbocycles. The summed E-state index contributed by atoms with van der Waals surface area (Å²) in [5.74, 6) is 1.48. The van der Waals surface area contributed by atoms with Crippen molar-refractivity contribution in [3.63, 3.8) is 0 Å². The first-order valence-electron chi connectivity index (χ1n) is 7.44. The van der Waals surface area contributed by atoms with Crippen molar-refractivity contribution in [2.75, 3.05) is 13.1 Å². The number of benzene rings is 2. The Morgan fingerprint density at radius 3 is 2.86 bits per heavy atom. The summed E-state index contributed by atoms with van der Waals surface area (Å²) in [6, 6.07) is 14.7. The molecule has 3 rings (SSSR count). The lowest BCUT2D eigenvalue weighted by atomic mass is 9.95. The van der Waals surface area contributed by atoms with E-state index in [1.807, 2.05) is 18.2 Å². The van der Waals surface area contributed by atoms with Crippen LogP contribution in [0.1, 0.15) is 29.5 Å². The smallest absolute Gasteiger partial charge is 0.134 e. The molecule has 0 aromatic heterocycles. The first-order chi connectivity index (χ1) is 10.2. The largest absolute Gasteiger partial charge is 0.488 e. The third-order valence-electron chi connectivity index (χ3n) is 3.98. The fourth-order valence-electron chi connectivity index (χ4n) is 2.78. The average Bonchev–Trinajstić information content (AvgIpc) is 2.68. The summed E-state index contributed by atoms with van der Waals surface area (Å²) in [6.45, 7) is 4.96. The van der Waals surface area contributed by atoms with Gasteiger partial charge in [0.15, 0.2) is 0 Å². The van der Waals surface area contributed by atoms with Gasteiger partial charge in [0.05, 0.1) is 4.47 Å². The zero-order valence-corrected chi connectivity index (χ0v) is 13.8. The molecule has 1 aliphatic rings. The summed E-state index contributed by atoms with van der Waals surface area (Å²) in [4.78, 5) is 0. The van der Waals surface area contributed by atoms with Gasteiger partial charge in [-0.1, -0.05) is 37.3 Å². The Kier molecular flexibility index (Phi) is 4.61. The van der Waals surface area contributed by atoms with Gasteiger partial charge in [-0.2, -0.15) is 0 Å². The molecule has 3 heteroatoms. The quantitative estimate of drug-likeness (QED) is 0.896. The number of hydrogen-bond acceptors (Lipinski definition) is 2. The van der Waals surface area contributed by atoms with Crippen molar-refractivity contribution in [2.24, 2.45) is 0 Å². The summed E-state index contributed by atoms with van der Waals surface area (Å²) in [5.41, 5.74) is 4.02. The molecule has 1 unspecified atom stereocenters. The van der Waals surface area contributed by atoms with E-state index in [9.17, 15) is 0 Å². The fourth-order valence-corrected chi connectivity index (χ4v) is 3.26. The van der Waals surface area contributed by atoms with Crippen LogP contribution in [0, 0.1) is 0 Å². The zero-order valence-electron chi connectivity index (χ0n) is 12.2. The van der Waals surface area contributed by atoms with Crippen LogP contribution in [0.2, 0.25) is 0 Å². The van der Waals surface area contributed by atoms with Gasteiger partial charge in [0, 0.05) is 6.54 Å². The van der Waals surface area contributed by atoms with Gasteiger partial charge in [-0.25, -0.2) is 0 Å². The van der Waals surface area contributed by atoms with E-state index in [2.05, 4.69) is 52.4 Å². The Morgan fingerprint density at radius 1 is 1.24 bits per heavy atom. The van der Waals surface area contributed by atoms with Gasteiger partial charge in [-0.05, 0) is 63.6 Å². The van der Waals surface area contributed by atoms with E-state index in [0.717, 1.165) is 29.7 Å². The van der Waals surface area contributed by atoms with Crippen LogP contribution in [0.4, 0.5) is 0 Å². The van der Waals surface area contributed by atoms with Gasteiger partial charge < -0.3 is 10.1 Å². The molecule has 0 aliphatic carbocycles. The summed E-state index contributed by atoms with van der Waals surface area (Å²) in [7, 11) is 0. The average molecular weight is 346 g/mol. The molecule has 0 radical (unpaired) electrons. The summed E-state index contributed by atoms with van der Waals surface area (Å²) in [6.07, 6.45) is 1.06. The highest BCUT2D eigenvalue weighted by Gasteiger charge is 2.17. The maximum atomic E-state index is 6.00. The van der Waals surface area contributed by atoms with Gasteiger partial charge in [-0.3, -0.25) is 0 Å². The van der Waals surface area contributed by atoms with E-state index in [-0.39, 0.29) is 0 Å². The van der Waals surface area contributed by atoms with Crippen LogP contribution in [0.5, 0.6) is 5.75 Å². The molecule has 1 atom stereocenters. The van der Waals surface area contributed by atoms with Crippen molar-refractivity contribution in [3.8, 4) is 5.75 Å². The van der Waals surface area contributed by atoms with Gasteiger partial charge in [0.25, 0.3) is 0 Å². The van der Waals surface area contributed by atoms with E-state index < -0.39 is 0 Å². The Balaban J connectivity index is 1.81. The minimum absolute atomic E-state index is 0.543. The van der Waals surface area contributed by atoms with E-state index >= 15 is 0 Å². The Morgan fingerprint density at radius 2 is 2.05 bits per heavy atom. The number of nitrogens with one attached hydrogen (secondary N) is 1. The fraction of sp³-hybridized carbons (Fsp3) is 0.333. The molecular weight excluding hydrogens is 326 g/mol. The molecule has 0 saturated carbocycles. The third kappa shape index (κ3) is 3.47. The molecule has 2 aromatic rings. The predicted octanol–water partition coefficient (Wildman–Crippen LogP) is 4.28. The van der Waals surface area contributed by atoms with Gasteiger partial charge in [-0.15, -0.1) is 0 Å². The summed E-state index contributed by atoms with van der Waals surface area (Å²) >= 11 is 3.66. The topological polar surface area (TPSA) is 21.3 Å². The van der Waals surface area contributed by atoms with Gasteiger partial charge in [0.1, 0.15) is 12.4 Å².